The van der Waals surface area contributed by atoms with Crippen LogP contribution in [0.2, 0.25) is 0 Å². The van der Waals surface area contributed by atoms with Gasteiger partial charge in [-0.25, -0.2) is 4.21 Å². The highest BCUT2D eigenvalue weighted by atomic mass is 32.2. The molecule has 0 spiro atoms. The van der Waals surface area contributed by atoms with Crippen molar-refractivity contribution in [3.05, 3.63) is 29.8 Å². The molecule has 0 aliphatic heterocycles. The molecule has 1 rings (SSSR count). The third-order valence-electron chi connectivity index (χ3n) is 1.77. The predicted molar refractivity (Wildman–Crippen MR) is 70.7 cm³/mol. The Morgan fingerprint density at radius 2 is 2.06 bits per heavy atom. The number of nitrogens with two attached hydrogens (primary N) is 1. The fraction of sp³-hybridized carbons (Fsp3) is 0.100. The van der Waals surface area contributed by atoms with Gasteiger partial charge in [-0.3, -0.25) is 9.35 Å². The summed E-state index contributed by atoms with van der Waals surface area (Å²) in [5, 5.41) is 9.03. The van der Waals surface area contributed by atoms with Gasteiger partial charge in [-0.15, -0.1) is 5.10 Å². The predicted octanol–water partition coefficient (Wildman–Crippen LogP) is 0.515. The summed E-state index contributed by atoms with van der Waals surface area (Å²) in [4.78, 5) is 10.8. The van der Waals surface area contributed by atoms with Crippen molar-refractivity contribution in [2.75, 3.05) is 5.32 Å². The lowest BCUT2D eigenvalue weighted by atomic mass is 10.2. The SMILES string of the molecule is CC(=O)Nc1ccc(/C=N/N=C(\N)S(=O)O)cc1. The van der Waals surface area contributed by atoms with E-state index in [4.69, 9.17) is 10.3 Å². The monoisotopic (exact) mass is 268 g/mol. The summed E-state index contributed by atoms with van der Waals surface area (Å²) >= 11 is -2.31. The molecule has 0 bridgehead atoms. The fourth-order valence-electron chi connectivity index (χ4n) is 1.04. The number of carbonyl (C=O) groups excluding carboxylic acids is 1. The van der Waals surface area contributed by atoms with Crippen LogP contribution in [0.25, 0.3) is 0 Å². The van der Waals surface area contributed by atoms with Crippen molar-refractivity contribution in [1.82, 2.24) is 0 Å². The average molecular weight is 268 g/mol. The van der Waals surface area contributed by atoms with Crippen LogP contribution in [0, 0.1) is 0 Å². The minimum absolute atomic E-state index is 0.154. The molecule has 1 aromatic rings. The van der Waals surface area contributed by atoms with Crippen molar-refractivity contribution in [1.29, 1.82) is 0 Å². The van der Waals surface area contributed by atoms with Crippen LogP contribution < -0.4 is 11.1 Å². The summed E-state index contributed by atoms with van der Waals surface area (Å²) in [7, 11) is 0. The lowest BCUT2D eigenvalue weighted by Crippen LogP contribution is -2.16. The van der Waals surface area contributed by atoms with Crippen molar-refractivity contribution >= 4 is 34.1 Å². The smallest absolute Gasteiger partial charge is 0.238 e. The maximum Gasteiger partial charge on any atom is 0.238 e. The zero-order valence-corrected chi connectivity index (χ0v) is 10.3. The quantitative estimate of drug-likeness (QED) is 0.320. The number of nitrogens with zero attached hydrogens (tertiary/aromatic N) is 2. The Kier molecular flexibility index (Phi) is 5.15. The number of amidine groups is 1. The molecule has 8 heteroatoms. The van der Waals surface area contributed by atoms with E-state index in [1.54, 1.807) is 24.3 Å². The topological polar surface area (TPSA) is 117 Å². The molecule has 0 saturated carbocycles. The van der Waals surface area contributed by atoms with Crippen LogP contribution in [-0.4, -0.2) is 26.1 Å². The fourth-order valence-corrected chi connectivity index (χ4v) is 1.16. The zero-order valence-electron chi connectivity index (χ0n) is 9.53. The van der Waals surface area contributed by atoms with Gasteiger partial charge in [0.2, 0.25) is 22.2 Å². The Balaban J connectivity index is 2.69. The van der Waals surface area contributed by atoms with Gasteiger partial charge in [-0.05, 0) is 17.7 Å². The number of amides is 1. The first kappa shape index (κ1) is 14.0. The van der Waals surface area contributed by atoms with Gasteiger partial charge in [-0.2, -0.15) is 5.10 Å². The van der Waals surface area contributed by atoms with E-state index in [-0.39, 0.29) is 5.91 Å². The third kappa shape index (κ3) is 4.85. The molecular formula is C10H12N4O3S. The van der Waals surface area contributed by atoms with E-state index in [1.165, 1.54) is 13.1 Å². The summed E-state index contributed by atoms with van der Waals surface area (Å²) in [5.41, 5.74) is 6.48. The van der Waals surface area contributed by atoms with E-state index >= 15 is 0 Å². The van der Waals surface area contributed by atoms with Gasteiger partial charge in [0.25, 0.3) is 0 Å². The minimum atomic E-state index is -2.31. The summed E-state index contributed by atoms with van der Waals surface area (Å²) in [6.07, 6.45) is 1.37. The number of hydrogen-bond donors (Lipinski definition) is 3. The normalized spacial score (nSPS) is 13.6. The third-order valence-corrected chi connectivity index (χ3v) is 2.21. The summed E-state index contributed by atoms with van der Waals surface area (Å²) in [6, 6.07) is 6.80. The molecule has 4 N–H and O–H groups in total. The van der Waals surface area contributed by atoms with Crippen LogP contribution in [-0.2, 0) is 15.9 Å². The molecule has 0 saturated heterocycles. The first-order valence-electron chi connectivity index (χ1n) is 4.84. The van der Waals surface area contributed by atoms with Gasteiger partial charge in [-0.1, -0.05) is 12.1 Å². The molecule has 0 aliphatic rings. The van der Waals surface area contributed by atoms with Crippen molar-refractivity contribution < 1.29 is 13.6 Å². The zero-order chi connectivity index (χ0) is 13.5. The van der Waals surface area contributed by atoms with Crippen molar-refractivity contribution in [3.8, 4) is 0 Å². The molecule has 0 aromatic heterocycles. The Labute approximate surface area is 106 Å². The molecule has 0 radical (unpaired) electrons. The number of rotatable bonds is 3. The van der Waals surface area contributed by atoms with Gasteiger partial charge in [0.05, 0.1) is 6.21 Å². The molecule has 7 nitrogen and oxygen atoms in total. The van der Waals surface area contributed by atoms with E-state index in [1.807, 2.05) is 0 Å². The second-order valence-electron chi connectivity index (χ2n) is 3.24. The molecule has 1 aromatic carbocycles. The lowest BCUT2D eigenvalue weighted by Gasteiger charge is -2.00. The Morgan fingerprint density at radius 3 is 2.56 bits per heavy atom. The van der Waals surface area contributed by atoms with Gasteiger partial charge >= 0.3 is 0 Å². The first-order chi connectivity index (χ1) is 8.49. The first-order valence-corrected chi connectivity index (χ1v) is 5.94. The highest BCUT2D eigenvalue weighted by Crippen LogP contribution is 2.07. The number of anilines is 1. The highest BCUT2D eigenvalue weighted by Gasteiger charge is 1.97. The van der Waals surface area contributed by atoms with Crippen molar-refractivity contribution in [3.63, 3.8) is 0 Å². The van der Waals surface area contributed by atoms with Crippen LogP contribution >= 0.6 is 0 Å². The van der Waals surface area contributed by atoms with E-state index in [0.717, 1.165) is 0 Å². The average Bonchev–Trinajstić information content (AvgIpc) is 2.30. The van der Waals surface area contributed by atoms with Crippen molar-refractivity contribution in [2.24, 2.45) is 15.9 Å². The van der Waals surface area contributed by atoms with E-state index in [0.29, 0.717) is 11.3 Å². The van der Waals surface area contributed by atoms with Crippen molar-refractivity contribution in [2.45, 2.75) is 6.92 Å². The molecule has 1 atom stereocenters. The maximum atomic E-state index is 10.8. The molecule has 0 fully saturated rings. The molecule has 18 heavy (non-hydrogen) atoms. The van der Waals surface area contributed by atoms with Crippen LogP contribution in [0.4, 0.5) is 5.69 Å². The number of nitrogens with one attached hydrogen (secondary N) is 1. The van der Waals surface area contributed by atoms with Crippen LogP contribution in [0.5, 0.6) is 0 Å². The molecule has 0 aliphatic carbocycles. The van der Waals surface area contributed by atoms with E-state index < -0.39 is 16.2 Å². The Morgan fingerprint density at radius 1 is 1.44 bits per heavy atom. The second-order valence-corrected chi connectivity index (χ2v) is 4.15. The molecule has 1 amide bonds. The molecular weight excluding hydrogens is 256 g/mol. The van der Waals surface area contributed by atoms with E-state index in [2.05, 4.69) is 15.5 Å². The summed E-state index contributed by atoms with van der Waals surface area (Å²) in [6.45, 7) is 1.42. The van der Waals surface area contributed by atoms with Gasteiger partial charge < -0.3 is 11.1 Å². The Bertz CT molecular complexity index is 510. The summed E-state index contributed by atoms with van der Waals surface area (Å²) in [5.74, 6) is -0.154. The van der Waals surface area contributed by atoms with Crippen LogP contribution in [0.3, 0.4) is 0 Å². The largest absolute Gasteiger partial charge is 0.373 e. The Hall–Kier alpha value is -2.06. The number of hydrogen-bond acceptors (Lipinski definition) is 4. The summed E-state index contributed by atoms with van der Waals surface area (Å²) < 4.78 is 19.0. The number of carbonyl (C=O) groups is 1. The molecule has 96 valence electrons. The van der Waals surface area contributed by atoms with Gasteiger partial charge in [0.1, 0.15) is 0 Å². The molecule has 0 heterocycles. The standard InChI is InChI=1S/C10H12N4O3S/c1-7(15)13-9-4-2-8(3-5-9)6-12-14-10(11)18(16)17/h2-6H,1H3,(H2,11,14)(H,13,15)(H,16,17)/b12-6+. The minimum Gasteiger partial charge on any atom is -0.373 e. The second kappa shape index (κ2) is 6.62. The van der Waals surface area contributed by atoms with Crippen LogP contribution in [0.1, 0.15) is 12.5 Å². The van der Waals surface area contributed by atoms with Gasteiger partial charge in [0, 0.05) is 12.6 Å². The number of benzene rings is 1. The lowest BCUT2D eigenvalue weighted by molar-refractivity contribution is -0.114. The van der Waals surface area contributed by atoms with E-state index in [9.17, 15) is 9.00 Å². The highest BCUT2D eigenvalue weighted by molar-refractivity contribution is 7.95. The van der Waals surface area contributed by atoms with Gasteiger partial charge in [0.15, 0.2) is 0 Å². The maximum absolute atomic E-state index is 10.8. The molecule has 1 unspecified atom stereocenters. The van der Waals surface area contributed by atoms with Crippen LogP contribution in [0.15, 0.2) is 34.5 Å².